The maximum atomic E-state index is 13.2. The van der Waals surface area contributed by atoms with Gasteiger partial charge in [-0.15, -0.1) is 0 Å². The van der Waals surface area contributed by atoms with Crippen molar-refractivity contribution in [1.29, 1.82) is 0 Å². The van der Waals surface area contributed by atoms with Crippen LogP contribution in [0.25, 0.3) is 0 Å². The number of aliphatic hydroxyl groups is 1. The van der Waals surface area contributed by atoms with E-state index >= 15 is 0 Å². The predicted molar refractivity (Wildman–Crippen MR) is 68.8 cm³/mol. The van der Waals surface area contributed by atoms with Gasteiger partial charge >= 0.3 is 0 Å². The smallest absolute Gasteiger partial charge is 0.123 e. The summed E-state index contributed by atoms with van der Waals surface area (Å²) in [5, 5.41) is 10.2. The third-order valence-corrected chi connectivity index (χ3v) is 3.01. The molecule has 0 saturated carbocycles. The zero-order valence-electron chi connectivity index (χ0n) is 10.5. The van der Waals surface area contributed by atoms with Gasteiger partial charge in [-0.05, 0) is 48.2 Å². The number of aryl methyl sites for hydroxylation is 2. The molecule has 0 bridgehead atoms. The van der Waals surface area contributed by atoms with E-state index < -0.39 is 6.10 Å². The molecule has 0 spiro atoms. The standard InChI is InChI=1S/C15H16FNO/c1-10-5-13(9-17-8-10)15(18)7-12-6-14(16)4-3-11(12)2/h3-6,8-9,15,18H,7H2,1-2H3. The van der Waals surface area contributed by atoms with Gasteiger partial charge in [0.25, 0.3) is 0 Å². The molecule has 2 aromatic rings. The summed E-state index contributed by atoms with van der Waals surface area (Å²) in [7, 11) is 0. The lowest BCUT2D eigenvalue weighted by molar-refractivity contribution is 0.177. The average Bonchev–Trinajstić information content (AvgIpc) is 2.34. The lowest BCUT2D eigenvalue weighted by Crippen LogP contribution is -2.04. The molecular formula is C15H16FNO. The van der Waals surface area contributed by atoms with Gasteiger partial charge in [0, 0.05) is 18.8 Å². The number of hydrogen-bond donors (Lipinski definition) is 1. The molecule has 0 radical (unpaired) electrons. The molecule has 94 valence electrons. The van der Waals surface area contributed by atoms with Gasteiger partial charge in [-0.25, -0.2) is 4.39 Å². The Labute approximate surface area is 106 Å². The van der Waals surface area contributed by atoms with Crippen LogP contribution in [-0.4, -0.2) is 10.1 Å². The summed E-state index contributed by atoms with van der Waals surface area (Å²) in [6.07, 6.45) is 3.13. The van der Waals surface area contributed by atoms with E-state index in [1.165, 1.54) is 12.1 Å². The monoisotopic (exact) mass is 245 g/mol. The quantitative estimate of drug-likeness (QED) is 0.901. The van der Waals surface area contributed by atoms with Crippen LogP contribution in [0.2, 0.25) is 0 Å². The second kappa shape index (κ2) is 5.27. The third-order valence-electron chi connectivity index (χ3n) is 3.01. The third kappa shape index (κ3) is 2.93. The first kappa shape index (κ1) is 12.7. The van der Waals surface area contributed by atoms with Gasteiger partial charge in [0.15, 0.2) is 0 Å². The van der Waals surface area contributed by atoms with Crippen LogP contribution in [0.4, 0.5) is 4.39 Å². The second-order valence-electron chi connectivity index (χ2n) is 4.59. The largest absolute Gasteiger partial charge is 0.388 e. The molecule has 2 rings (SSSR count). The molecular weight excluding hydrogens is 229 g/mol. The highest BCUT2D eigenvalue weighted by Gasteiger charge is 2.11. The highest BCUT2D eigenvalue weighted by atomic mass is 19.1. The lowest BCUT2D eigenvalue weighted by Gasteiger charge is -2.13. The number of aliphatic hydroxyl groups excluding tert-OH is 1. The van der Waals surface area contributed by atoms with Crippen LogP contribution in [-0.2, 0) is 6.42 Å². The van der Waals surface area contributed by atoms with E-state index in [2.05, 4.69) is 4.98 Å². The van der Waals surface area contributed by atoms with Crippen molar-refractivity contribution < 1.29 is 9.50 Å². The molecule has 0 fully saturated rings. The van der Waals surface area contributed by atoms with Crippen LogP contribution in [0, 0.1) is 19.7 Å². The molecule has 1 heterocycles. The molecule has 0 amide bonds. The number of pyridine rings is 1. The lowest BCUT2D eigenvalue weighted by atomic mass is 9.98. The first-order valence-corrected chi connectivity index (χ1v) is 5.91. The molecule has 1 aromatic heterocycles. The number of rotatable bonds is 3. The van der Waals surface area contributed by atoms with E-state index in [4.69, 9.17) is 0 Å². The van der Waals surface area contributed by atoms with E-state index in [1.807, 2.05) is 19.9 Å². The van der Waals surface area contributed by atoms with Crippen LogP contribution in [0.1, 0.15) is 28.4 Å². The number of nitrogens with zero attached hydrogens (tertiary/aromatic N) is 1. The summed E-state index contributed by atoms with van der Waals surface area (Å²) >= 11 is 0. The topological polar surface area (TPSA) is 33.1 Å². The van der Waals surface area contributed by atoms with Gasteiger partial charge in [-0.3, -0.25) is 4.98 Å². The Bertz CT molecular complexity index is 554. The Hall–Kier alpha value is -1.74. The van der Waals surface area contributed by atoms with E-state index in [-0.39, 0.29) is 5.82 Å². The Kier molecular flexibility index (Phi) is 3.72. The molecule has 0 saturated heterocycles. The van der Waals surface area contributed by atoms with E-state index in [9.17, 15) is 9.50 Å². The number of aromatic nitrogens is 1. The van der Waals surface area contributed by atoms with Gasteiger partial charge in [0.1, 0.15) is 5.82 Å². The van der Waals surface area contributed by atoms with Crippen LogP contribution in [0.3, 0.4) is 0 Å². The number of halogens is 1. The molecule has 1 N–H and O–H groups in total. The summed E-state index contributed by atoms with van der Waals surface area (Å²) in [6.45, 7) is 3.84. The van der Waals surface area contributed by atoms with Crippen molar-refractivity contribution in [2.75, 3.05) is 0 Å². The fourth-order valence-electron chi connectivity index (χ4n) is 1.95. The number of hydrogen-bond acceptors (Lipinski definition) is 2. The van der Waals surface area contributed by atoms with Crippen molar-refractivity contribution in [3.63, 3.8) is 0 Å². The highest BCUT2D eigenvalue weighted by molar-refractivity contribution is 5.29. The van der Waals surface area contributed by atoms with E-state index in [1.54, 1.807) is 18.5 Å². The fourth-order valence-corrected chi connectivity index (χ4v) is 1.95. The zero-order valence-corrected chi connectivity index (χ0v) is 10.5. The Balaban J connectivity index is 2.21. The summed E-state index contributed by atoms with van der Waals surface area (Å²) in [4.78, 5) is 4.05. The Morgan fingerprint density at radius 2 is 2.00 bits per heavy atom. The summed E-state index contributed by atoms with van der Waals surface area (Å²) in [5.74, 6) is -0.273. The average molecular weight is 245 g/mol. The minimum atomic E-state index is -0.655. The molecule has 2 nitrogen and oxygen atoms in total. The van der Waals surface area contributed by atoms with E-state index in [0.717, 1.165) is 22.3 Å². The van der Waals surface area contributed by atoms with Crippen molar-refractivity contribution in [3.8, 4) is 0 Å². The molecule has 1 atom stereocenters. The Morgan fingerprint density at radius 3 is 2.72 bits per heavy atom. The van der Waals surface area contributed by atoms with Crippen LogP contribution in [0.15, 0.2) is 36.7 Å². The van der Waals surface area contributed by atoms with Crippen molar-refractivity contribution in [1.82, 2.24) is 4.98 Å². The van der Waals surface area contributed by atoms with Crippen molar-refractivity contribution in [2.45, 2.75) is 26.4 Å². The van der Waals surface area contributed by atoms with Crippen LogP contribution in [0.5, 0.6) is 0 Å². The van der Waals surface area contributed by atoms with Gasteiger partial charge in [-0.2, -0.15) is 0 Å². The fraction of sp³-hybridized carbons (Fsp3) is 0.267. The molecule has 1 unspecified atom stereocenters. The maximum Gasteiger partial charge on any atom is 0.123 e. The summed E-state index contributed by atoms with van der Waals surface area (Å²) < 4.78 is 13.2. The first-order chi connectivity index (χ1) is 8.56. The minimum Gasteiger partial charge on any atom is -0.388 e. The molecule has 0 aliphatic carbocycles. The zero-order chi connectivity index (χ0) is 13.1. The van der Waals surface area contributed by atoms with E-state index in [0.29, 0.717) is 6.42 Å². The van der Waals surface area contributed by atoms with Gasteiger partial charge in [0.05, 0.1) is 6.10 Å². The minimum absolute atomic E-state index is 0.273. The molecule has 18 heavy (non-hydrogen) atoms. The summed E-state index contributed by atoms with van der Waals surface area (Å²) in [6, 6.07) is 6.53. The van der Waals surface area contributed by atoms with Crippen LogP contribution >= 0.6 is 0 Å². The van der Waals surface area contributed by atoms with Gasteiger partial charge < -0.3 is 5.11 Å². The number of benzene rings is 1. The highest BCUT2D eigenvalue weighted by Crippen LogP contribution is 2.21. The molecule has 0 aliphatic rings. The maximum absolute atomic E-state index is 13.2. The van der Waals surface area contributed by atoms with Crippen molar-refractivity contribution in [2.24, 2.45) is 0 Å². The van der Waals surface area contributed by atoms with Gasteiger partial charge in [0.2, 0.25) is 0 Å². The normalized spacial score (nSPS) is 12.4. The van der Waals surface area contributed by atoms with Crippen molar-refractivity contribution in [3.05, 3.63) is 64.7 Å². The van der Waals surface area contributed by atoms with Crippen molar-refractivity contribution >= 4 is 0 Å². The van der Waals surface area contributed by atoms with Gasteiger partial charge in [-0.1, -0.05) is 12.1 Å². The molecule has 1 aromatic carbocycles. The predicted octanol–water partition coefficient (Wildman–Crippen LogP) is 3.11. The first-order valence-electron chi connectivity index (χ1n) is 5.91. The Morgan fingerprint density at radius 1 is 1.22 bits per heavy atom. The SMILES string of the molecule is Cc1cncc(C(O)Cc2cc(F)ccc2C)c1. The van der Waals surface area contributed by atoms with Crippen LogP contribution < -0.4 is 0 Å². The second-order valence-corrected chi connectivity index (χ2v) is 4.59. The molecule has 0 aliphatic heterocycles. The summed E-state index contributed by atoms with van der Waals surface area (Å²) in [5.41, 5.74) is 3.57. The molecule has 3 heteroatoms.